The Kier molecular flexibility index (Phi) is 1.71. The highest BCUT2D eigenvalue weighted by atomic mass is 15.3. The summed E-state index contributed by atoms with van der Waals surface area (Å²) in [6, 6.07) is 1.83. The third kappa shape index (κ3) is 1.04. The van der Waals surface area contributed by atoms with Crippen LogP contribution >= 0.6 is 0 Å². The number of hydrogen-bond donors (Lipinski definition) is 1. The van der Waals surface area contributed by atoms with Crippen molar-refractivity contribution in [1.29, 1.82) is 0 Å². The first-order chi connectivity index (χ1) is 5.92. The minimum Gasteiger partial charge on any atom is -0.313 e. The van der Waals surface area contributed by atoms with E-state index in [1.54, 1.807) is 12.5 Å². The Hall–Kier alpha value is -1.49. The molecule has 0 fully saturated rings. The molecule has 0 atom stereocenters. The number of hydrogen-bond acceptors (Lipinski definition) is 4. The van der Waals surface area contributed by atoms with Crippen LogP contribution in [0.2, 0.25) is 0 Å². The Bertz CT molecular complexity index is 380. The fourth-order valence-electron chi connectivity index (χ4n) is 1.07. The van der Waals surface area contributed by atoms with Gasteiger partial charge in [0.2, 0.25) is 0 Å². The van der Waals surface area contributed by atoms with Crippen LogP contribution in [0.3, 0.4) is 0 Å². The van der Waals surface area contributed by atoms with Crippen molar-refractivity contribution in [3.8, 4) is 0 Å². The molecule has 2 aromatic rings. The van der Waals surface area contributed by atoms with E-state index in [0.29, 0.717) is 6.54 Å². The average molecular weight is 163 g/mol. The van der Waals surface area contributed by atoms with Gasteiger partial charge in [-0.2, -0.15) is 0 Å². The molecule has 0 unspecified atom stereocenters. The number of rotatable bonds is 2. The first-order valence-electron chi connectivity index (χ1n) is 3.70. The minimum absolute atomic E-state index is 0.701. The highest BCUT2D eigenvalue weighted by Crippen LogP contribution is 1.99. The molecule has 0 bridgehead atoms. The van der Waals surface area contributed by atoms with Crippen molar-refractivity contribution in [1.82, 2.24) is 24.9 Å². The van der Waals surface area contributed by atoms with Gasteiger partial charge in [-0.15, -0.1) is 10.2 Å². The van der Waals surface area contributed by atoms with Gasteiger partial charge in [-0.05, 0) is 7.05 Å². The van der Waals surface area contributed by atoms with Gasteiger partial charge in [0.15, 0.2) is 11.5 Å². The fourth-order valence-corrected chi connectivity index (χ4v) is 1.07. The highest BCUT2D eigenvalue weighted by molar-refractivity contribution is 5.35. The molecule has 0 aliphatic rings. The maximum Gasteiger partial charge on any atom is 0.163 e. The van der Waals surface area contributed by atoms with Crippen molar-refractivity contribution >= 4 is 5.65 Å². The van der Waals surface area contributed by atoms with Crippen LogP contribution in [-0.4, -0.2) is 26.6 Å². The lowest BCUT2D eigenvalue weighted by Gasteiger charge is -1.95. The van der Waals surface area contributed by atoms with E-state index in [2.05, 4.69) is 20.5 Å². The monoisotopic (exact) mass is 163 g/mol. The Morgan fingerprint density at radius 1 is 1.50 bits per heavy atom. The Morgan fingerprint density at radius 3 is 3.25 bits per heavy atom. The summed E-state index contributed by atoms with van der Waals surface area (Å²) >= 11 is 0. The lowest BCUT2D eigenvalue weighted by atomic mass is 10.5. The van der Waals surface area contributed by atoms with Gasteiger partial charge in [-0.25, -0.2) is 4.98 Å². The van der Waals surface area contributed by atoms with E-state index < -0.39 is 0 Å². The summed E-state index contributed by atoms with van der Waals surface area (Å²) in [6.07, 6.45) is 3.41. The fraction of sp³-hybridized carbons (Fsp3) is 0.286. The zero-order chi connectivity index (χ0) is 8.39. The van der Waals surface area contributed by atoms with Crippen LogP contribution in [0.25, 0.3) is 5.65 Å². The molecule has 0 amide bonds. The SMILES string of the molecule is CNCc1nnc2ccncn12. The van der Waals surface area contributed by atoms with Crippen molar-refractivity contribution in [3.05, 3.63) is 24.4 Å². The standard InChI is InChI=1S/C7H9N5/c1-8-4-7-11-10-6-2-3-9-5-12(6)7/h2-3,5,8H,4H2,1H3. The largest absolute Gasteiger partial charge is 0.313 e. The molecule has 0 spiro atoms. The molecule has 62 valence electrons. The van der Waals surface area contributed by atoms with E-state index in [1.165, 1.54) is 0 Å². The molecule has 0 aromatic carbocycles. The lowest BCUT2D eigenvalue weighted by molar-refractivity contribution is 0.744. The summed E-state index contributed by atoms with van der Waals surface area (Å²) in [5.41, 5.74) is 0.829. The predicted octanol–water partition coefficient (Wildman–Crippen LogP) is -0.156. The first kappa shape index (κ1) is 7.17. The van der Waals surface area contributed by atoms with Crippen molar-refractivity contribution < 1.29 is 0 Å². The molecule has 0 aliphatic heterocycles. The van der Waals surface area contributed by atoms with Crippen LogP contribution in [0.4, 0.5) is 0 Å². The molecular formula is C7H9N5. The van der Waals surface area contributed by atoms with Gasteiger partial charge in [-0.3, -0.25) is 4.40 Å². The molecule has 0 aliphatic carbocycles. The number of nitrogens with zero attached hydrogens (tertiary/aromatic N) is 4. The second kappa shape index (κ2) is 2.86. The Balaban J connectivity index is 2.55. The second-order valence-corrected chi connectivity index (χ2v) is 2.46. The van der Waals surface area contributed by atoms with Crippen molar-refractivity contribution in [3.63, 3.8) is 0 Å². The van der Waals surface area contributed by atoms with E-state index >= 15 is 0 Å². The van der Waals surface area contributed by atoms with Gasteiger partial charge in [0.25, 0.3) is 0 Å². The summed E-state index contributed by atoms with van der Waals surface area (Å²) in [7, 11) is 1.87. The maximum absolute atomic E-state index is 4.00. The number of fused-ring (bicyclic) bond motifs is 1. The van der Waals surface area contributed by atoms with E-state index in [1.807, 2.05) is 17.5 Å². The minimum atomic E-state index is 0.701. The molecular weight excluding hydrogens is 154 g/mol. The molecule has 5 nitrogen and oxygen atoms in total. The predicted molar refractivity (Wildman–Crippen MR) is 43.5 cm³/mol. The highest BCUT2D eigenvalue weighted by Gasteiger charge is 2.01. The summed E-state index contributed by atoms with van der Waals surface area (Å²) in [6.45, 7) is 0.701. The molecule has 2 rings (SSSR count). The van der Waals surface area contributed by atoms with Crippen LogP contribution in [0.15, 0.2) is 18.6 Å². The molecule has 0 radical (unpaired) electrons. The van der Waals surface area contributed by atoms with Gasteiger partial charge >= 0.3 is 0 Å². The van der Waals surface area contributed by atoms with E-state index in [-0.39, 0.29) is 0 Å². The Labute approximate surface area is 69.5 Å². The van der Waals surface area contributed by atoms with Crippen molar-refractivity contribution in [2.45, 2.75) is 6.54 Å². The smallest absolute Gasteiger partial charge is 0.163 e. The van der Waals surface area contributed by atoms with E-state index in [4.69, 9.17) is 0 Å². The van der Waals surface area contributed by atoms with Crippen LogP contribution < -0.4 is 5.32 Å². The van der Waals surface area contributed by atoms with E-state index in [0.717, 1.165) is 11.5 Å². The first-order valence-corrected chi connectivity index (χ1v) is 3.70. The second-order valence-electron chi connectivity index (χ2n) is 2.46. The van der Waals surface area contributed by atoms with E-state index in [9.17, 15) is 0 Å². The van der Waals surface area contributed by atoms with Gasteiger partial charge < -0.3 is 5.32 Å². The third-order valence-corrected chi connectivity index (χ3v) is 1.62. The molecule has 5 heteroatoms. The summed E-state index contributed by atoms with van der Waals surface area (Å²) in [4.78, 5) is 3.98. The van der Waals surface area contributed by atoms with Crippen molar-refractivity contribution in [2.24, 2.45) is 0 Å². The summed E-state index contributed by atoms with van der Waals surface area (Å²) < 4.78 is 1.86. The molecule has 0 saturated carbocycles. The van der Waals surface area contributed by atoms with Crippen LogP contribution in [0.1, 0.15) is 5.82 Å². The van der Waals surface area contributed by atoms with Crippen LogP contribution in [-0.2, 0) is 6.54 Å². The van der Waals surface area contributed by atoms with Gasteiger partial charge in [-0.1, -0.05) is 0 Å². The van der Waals surface area contributed by atoms with Gasteiger partial charge in [0.1, 0.15) is 6.33 Å². The van der Waals surface area contributed by atoms with Crippen LogP contribution in [0, 0.1) is 0 Å². The molecule has 0 saturated heterocycles. The summed E-state index contributed by atoms with van der Waals surface area (Å²) in [5.74, 6) is 0.876. The molecule has 2 aromatic heterocycles. The van der Waals surface area contributed by atoms with Gasteiger partial charge in [0, 0.05) is 12.3 Å². The number of nitrogens with one attached hydrogen (secondary N) is 1. The molecule has 2 heterocycles. The van der Waals surface area contributed by atoms with Gasteiger partial charge in [0.05, 0.1) is 6.54 Å². The van der Waals surface area contributed by atoms with Crippen LogP contribution in [0.5, 0.6) is 0 Å². The average Bonchev–Trinajstić information content (AvgIpc) is 2.50. The summed E-state index contributed by atoms with van der Waals surface area (Å²) in [5, 5.41) is 11.0. The zero-order valence-electron chi connectivity index (χ0n) is 6.73. The quantitative estimate of drug-likeness (QED) is 0.668. The third-order valence-electron chi connectivity index (χ3n) is 1.62. The lowest BCUT2D eigenvalue weighted by Crippen LogP contribution is -2.08. The molecule has 1 N–H and O–H groups in total. The zero-order valence-corrected chi connectivity index (χ0v) is 6.73. The number of aromatic nitrogens is 4. The molecule has 12 heavy (non-hydrogen) atoms. The Morgan fingerprint density at radius 2 is 2.42 bits per heavy atom. The topological polar surface area (TPSA) is 55.1 Å². The maximum atomic E-state index is 4.00. The van der Waals surface area contributed by atoms with Crippen molar-refractivity contribution in [2.75, 3.05) is 7.05 Å². The normalized spacial score (nSPS) is 10.8.